The minimum Gasteiger partial charge on any atom is -0.505 e. The molecular weight excluding hydrogens is 390 g/mol. The summed E-state index contributed by atoms with van der Waals surface area (Å²) in [6.07, 6.45) is 8.70. The summed E-state index contributed by atoms with van der Waals surface area (Å²) in [5.41, 5.74) is 1.32. The first-order valence-corrected chi connectivity index (χ1v) is 10.9. The number of pyridine rings is 1. The number of ether oxygens (including phenoxy) is 1. The molecule has 1 aliphatic carbocycles. The number of aromatic hydroxyl groups is 1. The number of fused-ring (bicyclic) bond motifs is 1. The number of alkyl carbamates (subject to hydrolysis) is 1. The number of carbonyl (C=O) groups excluding carboxylic acids is 1. The number of halogens is 1. The van der Waals surface area contributed by atoms with Gasteiger partial charge in [-0.15, -0.1) is 0 Å². The van der Waals surface area contributed by atoms with Crippen LogP contribution in [0, 0.1) is 0 Å². The van der Waals surface area contributed by atoms with E-state index < -0.39 is 0 Å². The number of piperidine rings is 1. The van der Waals surface area contributed by atoms with Crippen molar-refractivity contribution in [3.63, 3.8) is 0 Å². The molecule has 2 N–H and O–H groups in total. The van der Waals surface area contributed by atoms with Crippen LogP contribution in [0.5, 0.6) is 5.75 Å². The lowest BCUT2D eigenvalue weighted by atomic mass is 9.98. The zero-order valence-corrected chi connectivity index (χ0v) is 17.3. The molecule has 0 atom stereocenters. The maximum absolute atomic E-state index is 12.2. The third-order valence-corrected chi connectivity index (χ3v) is 6.34. The molecule has 1 aromatic heterocycles. The first-order chi connectivity index (χ1) is 14.1. The van der Waals surface area contributed by atoms with E-state index in [2.05, 4.69) is 15.2 Å². The van der Waals surface area contributed by atoms with E-state index in [0.717, 1.165) is 62.6 Å². The first-order valence-electron chi connectivity index (χ1n) is 10.5. The van der Waals surface area contributed by atoms with E-state index in [-0.39, 0.29) is 24.0 Å². The molecule has 156 valence electrons. The van der Waals surface area contributed by atoms with Crippen molar-refractivity contribution in [2.45, 2.75) is 63.6 Å². The summed E-state index contributed by atoms with van der Waals surface area (Å²) >= 11 is 6.38. The molecule has 4 rings (SSSR count). The van der Waals surface area contributed by atoms with Crippen molar-refractivity contribution in [1.29, 1.82) is 0 Å². The van der Waals surface area contributed by atoms with Gasteiger partial charge in [-0.3, -0.25) is 9.88 Å². The van der Waals surface area contributed by atoms with E-state index in [1.54, 1.807) is 6.20 Å². The van der Waals surface area contributed by atoms with Gasteiger partial charge >= 0.3 is 6.09 Å². The van der Waals surface area contributed by atoms with Gasteiger partial charge in [0.25, 0.3) is 0 Å². The predicted octanol–water partition coefficient (Wildman–Crippen LogP) is 4.62. The highest BCUT2D eigenvalue weighted by molar-refractivity contribution is 6.35. The van der Waals surface area contributed by atoms with Gasteiger partial charge in [-0.2, -0.15) is 0 Å². The molecule has 2 aliphatic rings. The molecule has 2 heterocycles. The highest BCUT2D eigenvalue weighted by atomic mass is 35.5. The largest absolute Gasteiger partial charge is 0.505 e. The van der Waals surface area contributed by atoms with Crippen molar-refractivity contribution in [1.82, 2.24) is 15.2 Å². The van der Waals surface area contributed by atoms with Crippen LogP contribution in [0.15, 0.2) is 24.4 Å². The SMILES string of the molecule is O=C(NC1CCN(Cc2cc(Cl)c3cccnc3c2O)CC1)OC1CCCCC1. The second-order valence-electron chi connectivity index (χ2n) is 8.13. The van der Waals surface area contributed by atoms with Gasteiger partial charge in [0, 0.05) is 42.8 Å². The number of rotatable bonds is 4. The van der Waals surface area contributed by atoms with E-state index in [1.165, 1.54) is 6.42 Å². The molecule has 0 radical (unpaired) electrons. The number of hydrogen-bond donors (Lipinski definition) is 2. The normalized spacial score (nSPS) is 19.3. The lowest BCUT2D eigenvalue weighted by molar-refractivity contribution is 0.0694. The fraction of sp³-hybridized carbons (Fsp3) is 0.545. The predicted molar refractivity (Wildman–Crippen MR) is 113 cm³/mol. The molecule has 0 spiro atoms. The van der Waals surface area contributed by atoms with Gasteiger partial charge in [0.05, 0.1) is 5.02 Å². The van der Waals surface area contributed by atoms with Crippen molar-refractivity contribution in [2.24, 2.45) is 0 Å². The maximum atomic E-state index is 12.2. The van der Waals surface area contributed by atoms with E-state index in [0.29, 0.717) is 17.1 Å². The van der Waals surface area contributed by atoms with Crippen LogP contribution in [-0.2, 0) is 11.3 Å². The fourth-order valence-corrected chi connectivity index (χ4v) is 4.65. The van der Waals surface area contributed by atoms with Crippen LogP contribution in [0.3, 0.4) is 0 Å². The van der Waals surface area contributed by atoms with Crippen molar-refractivity contribution in [3.05, 3.63) is 35.0 Å². The molecule has 1 saturated carbocycles. The lowest BCUT2D eigenvalue weighted by Gasteiger charge is -2.33. The molecule has 1 aromatic carbocycles. The minimum absolute atomic E-state index is 0.0816. The zero-order chi connectivity index (χ0) is 20.2. The Bertz CT molecular complexity index is 862. The summed E-state index contributed by atoms with van der Waals surface area (Å²) in [6.45, 7) is 2.29. The summed E-state index contributed by atoms with van der Waals surface area (Å²) in [4.78, 5) is 18.7. The number of carbonyl (C=O) groups is 1. The summed E-state index contributed by atoms with van der Waals surface area (Å²) < 4.78 is 5.57. The second-order valence-corrected chi connectivity index (χ2v) is 8.53. The minimum atomic E-state index is -0.277. The number of nitrogens with one attached hydrogen (secondary N) is 1. The third kappa shape index (κ3) is 4.93. The van der Waals surface area contributed by atoms with Crippen LogP contribution >= 0.6 is 11.6 Å². The van der Waals surface area contributed by atoms with E-state index >= 15 is 0 Å². The van der Waals surface area contributed by atoms with Crippen molar-refractivity contribution in [3.8, 4) is 5.75 Å². The molecular formula is C22H28ClN3O3. The number of nitrogens with zero attached hydrogens (tertiary/aromatic N) is 2. The van der Waals surface area contributed by atoms with Gasteiger partial charge in [-0.05, 0) is 56.7 Å². The summed E-state index contributed by atoms with van der Waals surface area (Å²) in [7, 11) is 0. The molecule has 1 saturated heterocycles. The van der Waals surface area contributed by atoms with E-state index in [9.17, 15) is 9.90 Å². The summed E-state index contributed by atoms with van der Waals surface area (Å²) in [5.74, 6) is 0.196. The molecule has 2 aromatic rings. The smallest absolute Gasteiger partial charge is 0.407 e. The van der Waals surface area contributed by atoms with Crippen LogP contribution in [0.2, 0.25) is 5.02 Å². The van der Waals surface area contributed by atoms with Crippen LogP contribution in [0.25, 0.3) is 10.9 Å². The Morgan fingerprint density at radius 2 is 2.00 bits per heavy atom. The monoisotopic (exact) mass is 417 g/mol. The number of amides is 1. The van der Waals surface area contributed by atoms with Gasteiger partial charge in [0.15, 0.2) is 0 Å². The number of hydrogen-bond acceptors (Lipinski definition) is 5. The van der Waals surface area contributed by atoms with Gasteiger partial charge in [0.1, 0.15) is 17.4 Å². The summed E-state index contributed by atoms with van der Waals surface area (Å²) in [5, 5.41) is 15.0. The van der Waals surface area contributed by atoms with Gasteiger partial charge in [-0.1, -0.05) is 18.0 Å². The number of phenols is 1. The maximum Gasteiger partial charge on any atom is 0.407 e. The average Bonchev–Trinajstić information content (AvgIpc) is 2.74. The van der Waals surface area contributed by atoms with Crippen molar-refractivity contribution < 1.29 is 14.6 Å². The molecule has 7 heteroatoms. The van der Waals surface area contributed by atoms with Crippen molar-refractivity contribution in [2.75, 3.05) is 13.1 Å². The number of aromatic nitrogens is 1. The summed E-state index contributed by atoms with van der Waals surface area (Å²) in [6, 6.07) is 5.63. The fourth-order valence-electron chi connectivity index (χ4n) is 4.37. The molecule has 2 fully saturated rings. The number of likely N-dealkylation sites (tertiary alicyclic amines) is 1. The number of phenolic OH excluding ortho intramolecular Hbond substituents is 1. The molecule has 0 bridgehead atoms. The third-order valence-electron chi connectivity index (χ3n) is 6.02. The van der Waals surface area contributed by atoms with Crippen LogP contribution in [0.4, 0.5) is 4.79 Å². The van der Waals surface area contributed by atoms with Crippen LogP contribution < -0.4 is 5.32 Å². The Morgan fingerprint density at radius 1 is 1.24 bits per heavy atom. The lowest BCUT2D eigenvalue weighted by Crippen LogP contribution is -2.45. The average molecular weight is 418 g/mol. The molecule has 1 aliphatic heterocycles. The van der Waals surface area contributed by atoms with Crippen molar-refractivity contribution >= 4 is 28.6 Å². The highest BCUT2D eigenvalue weighted by Crippen LogP contribution is 2.34. The molecule has 0 unspecified atom stereocenters. The molecule has 29 heavy (non-hydrogen) atoms. The quantitative estimate of drug-likeness (QED) is 0.759. The zero-order valence-electron chi connectivity index (χ0n) is 16.6. The molecule has 1 amide bonds. The Balaban J connectivity index is 1.29. The van der Waals surface area contributed by atoms with Crippen LogP contribution in [-0.4, -0.2) is 46.3 Å². The van der Waals surface area contributed by atoms with E-state index in [1.807, 2.05) is 18.2 Å². The highest BCUT2D eigenvalue weighted by Gasteiger charge is 2.24. The van der Waals surface area contributed by atoms with Gasteiger partial charge < -0.3 is 15.2 Å². The standard InChI is InChI=1S/C22H28ClN3O3/c23-19-13-15(21(27)20-18(19)7-4-10-24-20)14-26-11-8-16(9-12-26)25-22(28)29-17-5-2-1-3-6-17/h4,7,10,13,16-17,27H,1-3,5-6,8-9,11-12,14H2,(H,25,28). The Hall–Kier alpha value is -2.05. The Morgan fingerprint density at radius 3 is 2.76 bits per heavy atom. The van der Waals surface area contributed by atoms with Gasteiger partial charge in [0.2, 0.25) is 0 Å². The Kier molecular flexibility index (Phi) is 6.40. The van der Waals surface area contributed by atoms with E-state index in [4.69, 9.17) is 16.3 Å². The molecule has 6 nitrogen and oxygen atoms in total. The van der Waals surface area contributed by atoms with Gasteiger partial charge in [-0.25, -0.2) is 4.79 Å². The Labute approximate surface area is 176 Å². The first kappa shape index (κ1) is 20.2. The topological polar surface area (TPSA) is 74.7 Å². The van der Waals surface area contributed by atoms with Crippen LogP contribution in [0.1, 0.15) is 50.5 Å². The number of benzene rings is 1. The second kappa shape index (κ2) is 9.18.